The molecule has 0 aliphatic carbocycles. The fourth-order valence-electron chi connectivity index (χ4n) is 2.73. The standard InChI is InChI=1S/C19H24F2O6/c1-18(2)26-14(9-15(27-18)12-25-17(23)19(3,20)21)10-16(22)24-11-13-7-5-4-6-8-13/h4-8,14-15H,9-12H2,1-3H3. The van der Waals surface area contributed by atoms with E-state index in [1.807, 2.05) is 30.3 Å². The Morgan fingerprint density at radius 1 is 1.15 bits per heavy atom. The van der Waals surface area contributed by atoms with Crippen molar-refractivity contribution < 1.29 is 37.3 Å². The predicted molar refractivity (Wildman–Crippen MR) is 90.9 cm³/mol. The van der Waals surface area contributed by atoms with Gasteiger partial charge >= 0.3 is 17.9 Å². The number of hydrogen-bond donors (Lipinski definition) is 0. The number of rotatable bonds is 7. The van der Waals surface area contributed by atoms with Crippen LogP contribution in [0.25, 0.3) is 0 Å². The predicted octanol–water partition coefficient (Wildman–Crippen LogP) is 3.23. The van der Waals surface area contributed by atoms with Crippen LogP contribution >= 0.6 is 0 Å². The number of halogens is 2. The summed E-state index contributed by atoms with van der Waals surface area (Å²) in [5.41, 5.74) is 0.865. The van der Waals surface area contributed by atoms with Crippen LogP contribution in [0.2, 0.25) is 0 Å². The quantitative estimate of drug-likeness (QED) is 0.670. The lowest BCUT2D eigenvalue weighted by Gasteiger charge is -2.40. The number of carbonyl (C=O) groups excluding carboxylic acids is 2. The van der Waals surface area contributed by atoms with Crippen molar-refractivity contribution in [1.82, 2.24) is 0 Å². The molecule has 0 radical (unpaired) electrons. The summed E-state index contributed by atoms with van der Waals surface area (Å²) in [6.07, 6.45) is -1.00. The number of ether oxygens (including phenoxy) is 4. The van der Waals surface area contributed by atoms with E-state index in [-0.39, 0.29) is 26.1 Å². The lowest BCUT2D eigenvalue weighted by atomic mass is 10.1. The van der Waals surface area contributed by atoms with Gasteiger partial charge in [0.25, 0.3) is 0 Å². The van der Waals surface area contributed by atoms with Gasteiger partial charge in [0.1, 0.15) is 13.2 Å². The second kappa shape index (κ2) is 8.75. The van der Waals surface area contributed by atoms with E-state index in [4.69, 9.17) is 14.2 Å². The highest BCUT2D eigenvalue weighted by Crippen LogP contribution is 2.29. The topological polar surface area (TPSA) is 71.1 Å². The smallest absolute Gasteiger partial charge is 0.376 e. The summed E-state index contributed by atoms with van der Waals surface area (Å²) < 4.78 is 46.9. The SMILES string of the molecule is CC1(C)OC(COC(=O)C(C)(F)F)CC(CC(=O)OCc2ccccc2)O1. The van der Waals surface area contributed by atoms with Gasteiger partial charge in [0.05, 0.1) is 18.6 Å². The van der Waals surface area contributed by atoms with Crippen LogP contribution in [0.1, 0.15) is 39.2 Å². The van der Waals surface area contributed by atoms with E-state index in [1.165, 1.54) is 0 Å². The van der Waals surface area contributed by atoms with Gasteiger partial charge in [-0.1, -0.05) is 30.3 Å². The van der Waals surface area contributed by atoms with Crippen molar-refractivity contribution in [2.75, 3.05) is 6.61 Å². The molecule has 1 fully saturated rings. The molecule has 2 unspecified atom stereocenters. The van der Waals surface area contributed by atoms with Gasteiger partial charge in [-0.05, 0) is 19.4 Å². The van der Waals surface area contributed by atoms with Gasteiger partial charge in [0.15, 0.2) is 5.79 Å². The van der Waals surface area contributed by atoms with Crippen LogP contribution in [0.5, 0.6) is 0 Å². The number of alkyl halides is 2. The summed E-state index contributed by atoms with van der Waals surface area (Å²) in [7, 11) is 0. The van der Waals surface area contributed by atoms with Gasteiger partial charge in [-0.15, -0.1) is 0 Å². The molecular formula is C19H24F2O6. The molecule has 1 heterocycles. The van der Waals surface area contributed by atoms with Gasteiger partial charge in [0.2, 0.25) is 0 Å². The first-order valence-electron chi connectivity index (χ1n) is 8.65. The van der Waals surface area contributed by atoms with Crippen molar-refractivity contribution in [3.8, 4) is 0 Å². The fourth-order valence-corrected chi connectivity index (χ4v) is 2.73. The molecular weight excluding hydrogens is 362 g/mol. The van der Waals surface area contributed by atoms with E-state index < -0.39 is 35.9 Å². The molecule has 150 valence electrons. The highest BCUT2D eigenvalue weighted by Gasteiger charge is 2.39. The van der Waals surface area contributed by atoms with Crippen LogP contribution in [0.15, 0.2) is 30.3 Å². The number of carbonyl (C=O) groups is 2. The van der Waals surface area contributed by atoms with Gasteiger partial charge in [-0.25, -0.2) is 4.79 Å². The average Bonchev–Trinajstić information content (AvgIpc) is 2.56. The minimum Gasteiger partial charge on any atom is -0.461 e. The Labute approximate surface area is 156 Å². The molecule has 0 spiro atoms. The molecule has 1 aromatic carbocycles. The Morgan fingerprint density at radius 3 is 2.41 bits per heavy atom. The van der Waals surface area contributed by atoms with Gasteiger partial charge < -0.3 is 18.9 Å². The first-order chi connectivity index (χ1) is 12.5. The Balaban J connectivity index is 1.84. The van der Waals surface area contributed by atoms with E-state index in [1.54, 1.807) is 13.8 Å². The number of benzene rings is 1. The normalized spacial score (nSPS) is 22.1. The lowest BCUT2D eigenvalue weighted by Crippen LogP contribution is -2.47. The maximum Gasteiger partial charge on any atom is 0.376 e. The van der Waals surface area contributed by atoms with E-state index >= 15 is 0 Å². The van der Waals surface area contributed by atoms with Crippen LogP contribution in [-0.4, -0.2) is 42.5 Å². The summed E-state index contributed by atoms with van der Waals surface area (Å²) in [6.45, 7) is 3.55. The molecule has 2 atom stereocenters. The number of esters is 2. The van der Waals surface area contributed by atoms with Gasteiger partial charge in [0, 0.05) is 13.3 Å². The van der Waals surface area contributed by atoms with Crippen LogP contribution in [-0.2, 0) is 35.1 Å². The van der Waals surface area contributed by atoms with Crippen molar-refractivity contribution >= 4 is 11.9 Å². The third kappa shape index (κ3) is 7.22. The first kappa shape index (κ1) is 21.2. The van der Waals surface area contributed by atoms with Crippen LogP contribution in [0.4, 0.5) is 8.78 Å². The maximum atomic E-state index is 12.9. The van der Waals surface area contributed by atoms with Crippen molar-refractivity contribution in [1.29, 1.82) is 0 Å². The Kier molecular flexibility index (Phi) is 6.89. The molecule has 27 heavy (non-hydrogen) atoms. The third-order valence-corrected chi connectivity index (χ3v) is 3.82. The van der Waals surface area contributed by atoms with Crippen LogP contribution in [0.3, 0.4) is 0 Å². The van der Waals surface area contributed by atoms with Crippen molar-refractivity contribution in [3.05, 3.63) is 35.9 Å². The largest absolute Gasteiger partial charge is 0.461 e. The van der Waals surface area contributed by atoms with E-state index in [0.29, 0.717) is 6.92 Å². The lowest BCUT2D eigenvalue weighted by molar-refractivity contribution is -0.305. The minimum absolute atomic E-state index is 0.0198. The molecule has 0 aromatic heterocycles. The summed E-state index contributed by atoms with van der Waals surface area (Å²) in [6, 6.07) is 9.24. The van der Waals surface area contributed by atoms with Crippen molar-refractivity contribution in [2.24, 2.45) is 0 Å². The Hall–Kier alpha value is -2.06. The summed E-state index contributed by atoms with van der Waals surface area (Å²) >= 11 is 0. The summed E-state index contributed by atoms with van der Waals surface area (Å²) in [5.74, 6) is -6.68. The van der Waals surface area contributed by atoms with Gasteiger partial charge in [-0.3, -0.25) is 4.79 Å². The Morgan fingerprint density at radius 2 is 1.78 bits per heavy atom. The molecule has 8 heteroatoms. The Bertz CT molecular complexity index is 641. The molecule has 0 bridgehead atoms. The number of hydrogen-bond acceptors (Lipinski definition) is 6. The first-order valence-corrected chi connectivity index (χ1v) is 8.65. The molecule has 6 nitrogen and oxygen atoms in total. The maximum absolute atomic E-state index is 12.9. The minimum atomic E-state index is -3.57. The second-order valence-electron chi connectivity index (χ2n) is 6.95. The fraction of sp³-hybridized carbons (Fsp3) is 0.579. The average molecular weight is 386 g/mol. The zero-order chi connectivity index (χ0) is 20.1. The van der Waals surface area contributed by atoms with Crippen LogP contribution in [0, 0.1) is 0 Å². The molecule has 0 amide bonds. The molecule has 0 saturated carbocycles. The van der Waals surface area contributed by atoms with E-state index in [0.717, 1.165) is 5.56 Å². The molecule has 1 aliphatic heterocycles. The van der Waals surface area contributed by atoms with E-state index in [9.17, 15) is 18.4 Å². The molecule has 1 aromatic rings. The van der Waals surface area contributed by atoms with Gasteiger partial charge in [-0.2, -0.15) is 8.78 Å². The monoisotopic (exact) mass is 386 g/mol. The third-order valence-electron chi connectivity index (χ3n) is 3.82. The highest BCUT2D eigenvalue weighted by atomic mass is 19.3. The molecule has 1 saturated heterocycles. The zero-order valence-electron chi connectivity index (χ0n) is 15.6. The van der Waals surface area contributed by atoms with Crippen molar-refractivity contribution in [2.45, 2.75) is 64.1 Å². The molecule has 2 rings (SSSR count). The summed E-state index contributed by atoms with van der Waals surface area (Å²) in [4.78, 5) is 23.3. The summed E-state index contributed by atoms with van der Waals surface area (Å²) in [5, 5.41) is 0. The second-order valence-corrected chi connectivity index (χ2v) is 6.95. The highest BCUT2D eigenvalue weighted by molar-refractivity contribution is 5.76. The molecule has 1 aliphatic rings. The molecule has 0 N–H and O–H groups in total. The zero-order valence-corrected chi connectivity index (χ0v) is 15.6. The van der Waals surface area contributed by atoms with E-state index in [2.05, 4.69) is 4.74 Å². The van der Waals surface area contributed by atoms with Crippen LogP contribution < -0.4 is 0 Å². The van der Waals surface area contributed by atoms with Crippen molar-refractivity contribution in [3.63, 3.8) is 0 Å².